The highest BCUT2D eigenvalue weighted by Gasteiger charge is 2.44. The summed E-state index contributed by atoms with van der Waals surface area (Å²) in [5.41, 5.74) is 0.485. The average molecular weight is 493 g/mol. The van der Waals surface area contributed by atoms with E-state index in [1.807, 2.05) is 23.8 Å². The van der Waals surface area contributed by atoms with Gasteiger partial charge >= 0.3 is 0 Å². The first-order valence-corrected chi connectivity index (χ1v) is 14.5. The van der Waals surface area contributed by atoms with Crippen molar-refractivity contribution < 1.29 is 14.3 Å². The lowest BCUT2D eigenvalue weighted by Gasteiger charge is -2.36. The van der Waals surface area contributed by atoms with Crippen molar-refractivity contribution in [3.63, 3.8) is 0 Å². The summed E-state index contributed by atoms with van der Waals surface area (Å²) < 4.78 is 5.43. The molecule has 0 aromatic carbocycles. The smallest absolute Gasteiger partial charge is 0.222 e. The van der Waals surface area contributed by atoms with Crippen molar-refractivity contribution in [2.75, 3.05) is 79.2 Å². The normalized spacial score (nSPS) is 20.9. The van der Waals surface area contributed by atoms with E-state index in [0.717, 1.165) is 19.4 Å². The van der Waals surface area contributed by atoms with Crippen molar-refractivity contribution in [1.82, 2.24) is 19.6 Å². The number of carbonyl (C=O) groups is 2. The maximum Gasteiger partial charge on any atom is 0.222 e. The van der Waals surface area contributed by atoms with Crippen LogP contribution in [-0.4, -0.2) is 111 Å². The molecule has 7 nitrogen and oxygen atoms in total. The number of methoxy groups -OCH3 is 1. The van der Waals surface area contributed by atoms with Crippen molar-refractivity contribution in [2.24, 2.45) is 5.41 Å². The highest BCUT2D eigenvalue weighted by molar-refractivity contribution is 5.78. The summed E-state index contributed by atoms with van der Waals surface area (Å²) in [4.78, 5) is 33.3. The van der Waals surface area contributed by atoms with E-state index in [4.69, 9.17) is 4.74 Å². The summed E-state index contributed by atoms with van der Waals surface area (Å²) in [5.74, 6) is 0.479. The van der Waals surface area contributed by atoms with E-state index in [1.165, 1.54) is 90.6 Å². The van der Waals surface area contributed by atoms with E-state index in [-0.39, 0.29) is 11.8 Å². The summed E-state index contributed by atoms with van der Waals surface area (Å²) >= 11 is 0. The fourth-order valence-corrected chi connectivity index (χ4v) is 5.74. The third-order valence-electron chi connectivity index (χ3n) is 8.33. The highest BCUT2D eigenvalue weighted by atomic mass is 16.5. The Hall–Kier alpha value is -1.18. The molecule has 0 spiro atoms. The van der Waals surface area contributed by atoms with Crippen molar-refractivity contribution in [3.8, 4) is 0 Å². The first-order chi connectivity index (χ1) is 17.0. The molecule has 0 bridgehead atoms. The van der Waals surface area contributed by atoms with Crippen molar-refractivity contribution in [3.05, 3.63) is 0 Å². The number of nitrogens with zero attached hydrogens (tertiary/aromatic N) is 4. The van der Waals surface area contributed by atoms with Crippen LogP contribution in [-0.2, 0) is 14.3 Å². The van der Waals surface area contributed by atoms with Gasteiger partial charge < -0.3 is 24.3 Å². The zero-order chi connectivity index (χ0) is 24.9. The molecule has 7 heteroatoms. The molecular weight excluding hydrogens is 440 g/mol. The lowest BCUT2D eigenvalue weighted by molar-refractivity contribution is -0.139. The molecule has 0 N–H and O–H groups in total. The highest BCUT2D eigenvalue weighted by Crippen LogP contribution is 2.46. The van der Waals surface area contributed by atoms with E-state index in [1.54, 1.807) is 0 Å². The molecule has 2 aliphatic heterocycles. The number of carbonyl (C=O) groups excluding carboxylic acids is 2. The third-order valence-corrected chi connectivity index (χ3v) is 8.33. The molecule has 0 aromatic heterocycles. The lowest BCUT2D eigenvalue weighted by atomic mass is 10.1. The van der Waals surface area contributed by atoms with Gasteiger partial charge in [-0.05, 0) is 32.2 Å². The van der Waals surface area contributed by atoms with Crippen LogP contribution >= 0.6 is 0 Å². The van der Waals surface area contributed by atoms with Gasteiger partial charge in [0.05, 0.1) is 6.61 Å². The largest absolute Gasteiger partial charge is 0.384 e. The van der Waals surface area contributed by atoms with Gasteiger partial charge in [-0.15, -0.1) is 0 Å². The van der Waals surface area contributed by atoms with Crippen LogP contribution < -0.4 is 0 Å². The molecule has 0 atom stereocenters. The third kappa shape index (κ3) is 10.0. The van der Waals surface area contributed by atoms with Crippen molar-refractivity contribution in [2.45, 2.75) is 84.0 Å². The van der Waals surface area contributed by atoms with E-state index in [9.17, 15) is 9.59 Å². The molecule has 202 valence electrons. The molecular formula is C28H52N4O3. The van der Waals surface area contributed by atoms with E-state index >= 15 is 0 Å². The van der Waals surface area contributed by atoms with Crippen molar-refractivity contribution in [1.29, 1.82) is 0 Å². The molecule has 0 unspecified atom stereocenters. The number of ether oxygens (including phenoxy) is 1. The summed E-state index contributed by atoms with van der Waals surface area (Å²) in [7, 11) is 1.84. The Labute approximate surface area is 214 Å². The van der Waals surface area contributed by atoms with Crippen molar-refractivity contribution >= 4 is 11.8 Å². The zero-order valence-electron chi connectivity index (χ0n) is 22.8. The standard InChI is InChI=1S/C28H52N4O3/c1-3-26(33)31-20-22-32(23-21-31)27(34)12-10-8-6-4-5-7-9-11-15-29-16-18-30(19-17-29)24-28(13-14-28)25-35-2/h3-25H2,1-2H3. The molecule has 2 amide bonds. The lowest BCUT2D eigenvalue weighted by Crippen LogP contribution is -2.50. The molecule has 1 saturated carbocycles. The summed E-state index contributed by atoms with van der Waals surface area (Å²) in [5, 5.41) is 0. The van der Waals surface area contributed by atoms with E-state index < -0.39 is 0 Å². The van der Waals surface area contributed by atoms with Gasteiger partial charge in [0.1, 0.15) is 0 Å². The minimum Gasteiger partial charge on any atom is -0.384 e. The summed E-state index contributed by atoms with van der Waals surface area (Å²) in [6.07, 6.45) is 14.0. The summed E-state index contributed by atoms with van der Waals surface area (Å²) in [6, 6.07) is 0. The molecule has 0 radical (unpaired) electrons. The predicted molar refractivity (Wildman–Crippen MR) is 141 cm³/mol. The van der Waals surface area contributed by atoms with Gasteiger partial charge in [0.15, 0.2) is 0 Å². The second-order valence-electron chi connectivity index (χ2n) is 11.2. The molecule has 2 saturated heterocycles. The van der Waals surface area contributed by atoms with Crippen LogP contribution in [0.1, 0.15) is 84.0 Å². The van der Waals surface area contributed by atoms with Gasteiger partial charge in [0.2, 0.25) is 11.8 Å². The molecule has 2 heterocycles. The Morgan fingerprint density at radius 1 is 0.686 bits per heavy atom. The van der Waals surface area contributed by atoms with Crippen LogP contribution in [0.25, 0.3) is 0 Å². The van der Waals surface area contributed by atoms with E-state index in [2.05, 4.69) is 9.80 Å². The Morgan fingerprint density at radius 3 is 1.74 bits per heavy atom. The fourth-order valence-electron chi connectivity index (χ4n) is 5.74. The predicted octanol–water partition coefficient (Wildman–Crippen LogP) is 3.62. The molecule has 1 aliphatic carbocycles. The van der Waals surface area contributed by atoms with Gasteiger partial charge in [-0.1, -0.05) is 45.4 Å². The topological polar surface area (TPSA) is 56.3 Å². The van der Waals surface area contributed by atoms with E-state index in [0.29, 0.717) is 44.4 Å². The number of piperazine rings is 2. The van der Waals surface area contributed by atoms with Crippen LogP contribution in [0, 0.1) is 5.41 Å². The van der Waals surface area contributed by atoms with Gasteiger partial charge in [0.25, 0.3) is 0 Å². The monoisotopic (exact) mass is 492 g/mol. The van der Waals surface area contributed by atoms with Crippen LogP contribution in [0.3, 0.4) is 0 Å². The Kier molecular flexibility index (Phi) is 12.3. The quantitative estimate of drug-likeness (QED) is 0.308. The number of unbranched alkanes of at least 4 members (excludes halogenated alkanes) is 7. The molecule has 3 aliphatic rings. The van der Waals surface area contributed by atoms with Crippen LogP contribution in [0.15, 0.2) is 0 Å². The van der Waals surface area contributed by atoms with Gasteiger partial charge in [-0.25, -0.2) is 0 Å². The fraction of sp³-hybridized carbons (Fsp3) is 0.929. The Morgan fingerprint density at radius 2 is 1.20 bits per heavy atom. The zero-order valence-corrected chi connectivity index (χ0v) is 22.8. The van der Waals surface area contributed by atoms with Crippen LogP contribution in [0.5, 0.6) is 0 Å². The number of rotatable bonds is 16. The Balaban J connectivity index is 1.09. The maximum absolute atomic E-state index is 12.4. The number of hydrogen-bond donors (Lipinski definition) is 0. The van der Waals surface area contributed by atoms with Gasteiger partial charge in [-0.3, -0.25) is 9.59 Å². The first-order valence-electron chi connectivity index (χ1n) is 14.5. The second kappa shape index (κ2) is 15.2. The average Bonchev–Trinajstić information content (AvgIpc) is 3.64. The van der Waals surface area contributed by atoms with Crippen LogP contribution in [0.4, 0.5) is 0 Å². The minimum absolute atomic E-state index is 0.204. The maximum atomic E-state index is 12.4. The minimum atomic E-state index is 0.204. The Bertz CT molecular complexity index is 624. The summed E-state index contributed by atoms with van der Waals surface area (Å²) in [6.45, 7) is 13.1. The molecule has 3 rings (SSSR count). The SMILES string of the molecule is CCC(=O)N1CCN(C(=O)CCCCCCCCCCN2CCN(CC3(COC)CC3)CC2)CC1. The number of amides is 2. The molecule has 0 aromatic rings. The molecule has 35 heavy (non-hydrogen) atoms. The van der Waals surface area contributed by atoms with Gasteiger partial charge in [-0.2, -0.15) is 0 Å². The number of hydrogen-bond acceptors (Lipinski definition) is 5. The first kappa shape index (κ1) is 28.4. The van der Waals surface area contributed by atoms with Gasteiger partial charge in [0, 0.05) is 84.3 Å². The second-order valence-corrected chi connectivity index (χ2v) is 11.2. The molecule has 3 fully saturated rings. The van der Waals surface area contributed by atoms with Crippen LogP contribution in [0.2, 0.25) is 0 Å².